The van der Waals surface area contributed by atoms with Crippen molar-refractivity contribution in [3.8, 4) is 6.07 Å². The molecule has 6 nitrogen and oxygen atoms in total. The minimum Gasteiger partial charge on any atom is -0.373 e. The summed E-state index contributed by atoms with van der Waals surface area (Å²) in [6.07, 6.45) is 0. The average Bonchev–Trinajstić information content (AvgIpc) is 2.44. The first kappa shape index (κ1) is 12.8. The van der Waals surface area contributed by atoms with Gasteiger partial charge in [0.15, 0.2) is 5.69 Å². The predicted octanol–water partition coefficient (Wildman–Crippen LogP) is 1.05. The van der Waals surface area contributed by atoms with Crippen LogP contribution in [0.5, 0.6) is 0 Å². The van der Waals surface area contributed by atoms with Gasteiger partial charge in [-0.1, -0.05) is 18.2 Å². The highest BCUT2D eigenvalue weighted by Crippen LogP contribution is 2.23. The molecule has 2 aromatic rings. The molecule has 0 fully saturated rings. The Kier molecular flexibility index (Phi) is 3.88. The normalized spacial score (nSPS) is 9.89. The van der Waals surface area contributed by atoms with Crippen LogP contribution in [-0.4, -0.2) is 29.2 Å². The second-order valence-electron chi connectivity index (χ2n) is 3.86. The summed E-state index contributed by atoms with van der Waals surface area (Å²) in [5.41, 5.74) is 1.40. The third-order valence-electron chi connectivity index (χ3n) is 2.57. The molecule has 1 amide bonds. The number of nitrogens with zero attached hydrogens (tertiary/aromatic N) is 3. The van der Waals surface area contributed by atoms with Crippen LogP contribution in [0.3, 0.4) is 0 Å². The van der Waals surface area contributed by atoms with Crippen LogP contribution in [0.2, 0.25) is 0 Å². The van der Waals surface area contributed by atoms with E-state index in [1.807, 2.05) is 31.2 Å². The lowest BCUT2D eigenvalue weighted by atomic mass is 10.1. The Morgan fingerprint density at radius 2 is 2.16 bits per heavy atom. The molecule has 0 saturated heterocycles. The number of fused-ring (bicyclic) bond motifs is 1. The second-order valence-corrected chi connectivity index (χ2v) is 3.86. The molecular formula is C13H13N5O. The standard InChI is InChI=1S/C13H13N5O/c1-2-15-12(19)8-16-13-9-5-3-4-6-10(9)17-18-11(13)7-14/h3-6H,2,8H2,1H3,(H,15,19)(H,16,17). The van der Waals surface area contributed by atoms with Crippen molar-refractivity contribution in [2.45, 2.75) is 6.92 Å². The maximum Gasteiger partial charge on any atom is 0.239 e. The fraction of sp³-hybridized carbons (Fsp3) is 0.231. The van der Waals surface area contributed by atoms with Gasteiger partial charge in [0, 0.05) is 11.9 Å². The maximum absolute atomic E-state index is 11.5. The maximum atomic E-state index is 11.5. The SMILES string of the molecule is CCNC(=O)CNc1c(C#N)nnc2ccccc12. The molecular weight excluding hydrogens is 242 g/mol. The molecule has 19 heavy (non-hydrogen) atoms. The van der Waals surface area contributed by atoms with Gasteiger partial charge in [-0.15, -0.1) is 10.2 Å². The van der Waals surface area contributed by atoms with Gasteiger partial charge in [-0.2, -0.15) is 5.26 Å². The molecule has 1 aromatic heterocycles. The van der Waals surface area contributed by atoms with Gasteiger partial charge < -0.3 is 10.6 Å². The zero-order chi connectivity index (χ0) is 13.7. The summed E-state index contributed by atoms with van der Waals surface area (Å²) in [6, 6.07) is 9.31. The van der Waals surface area contributed by atoms with Gasteiger partial charge in [0.1, 0.15) is 6.07 Å². The molecule has 0 aliphatic rings. The molecule has 1 aromatic carbocycles. The quantitative estimate of drug-likeness (QED) is 0.852. The lowest BCUT2D eigenvalue weighted by Gasteiger charge is -2.09. The minimum absolute atomic E-state index is 0.0954. The summed E-state index contributed by atoms with van der Waals surface area (Å²) in [5, 5.41) is 23.3. The molecule has 0 atom stereocenters. The van der Waals surface area contributed by atoms with Crippen LogP contribution >= 0.6 is 0 Å². The van der Waals surface area contributed by atoms with Crippen LogP contribution in [0, 0.1) is 11.3 Å². The van der Waals surface area contributed by atoms with E-state index in [1.54, 1.807) is 6.07 Å². The number of carbonyl (C=O) groups is 1. The van der Waals surface area contributed by atoms with Crippen LogP contribution in [0.1, 0.15) is 12.6 Å². The first-order valence-electron chi connectivity index (χ1n) is 5.92. The number of carbonyl (C=O) groups excluding carboxylic acids is 1. The molecule has 0 saturated carbocycles. The number of rotatable bonds is 4. The molecule has 1 heterocycles. The van der Waals surface area contributed by atoms with Crippen molar-refractivity contribution >= 4 is 22.5 Å². The van der Waals surface area contributed by atoms with Gasteiger partial charge in [0.2, 0.25) is 5.91 Å². The molecule has 0 radical (unpaired) electrons. The highest BCUT2D eigenvalue weighted by atomic mass is 16.1. The van der Waals surface area contributed by atoms with Crippen molar-refractivity contribution in [1.82, 2.24) is 15.5 Å². The third kappa shape index (κ3) is 2.77. The van der Waals surface area contributed by atoms with E-state index in [-0.39, 0.29) is 18.1 Å². The lowest BCUT2D eigenvalue weighted by molar-refractivity contribution is -0.119. The number of nitriles is 1. The number of anilines is 1. The molecule has 0 spiro atoms. The van der Waals surface area contributed by atoms with Gasteiger partial charge in [-0.05, 0) is 13.0 Å². The molecule has 2 rings (SSSR count). The van der Waals surface area contributed by atoms with E-state index in [2.05, 4.69) is 20.8 Å². The van der Waals surface area contributed by atoms with Gasteiger partial charge >= 0.3 is 0 Å². The van der Waals surface area contributed by atoms with Gasteiger partial charge in [0.05, 0.1) is 17.7 Å². The Morgan fingerprint density at radius 1 is 1.37 bits per heavy atom. The Hall–Kier alpha value is -2.68. The van der Waals surface area contributed by atoms with Gasteiger partial charge in [-0.3, -0.25) is 4.79 Å². The van der Waals surface area contributed by atoms with Crippen molar-refractivity contribution in [2.75, 3.05) is 18.4 Å². The number of benzene rings is 1. The molecule has 96 valence electrons. The van der Waals surface area contributed by atoms with Crippen LogP contribution in [0.15, 0.2) is 24.3 Å². The number of nitrogens with one attached hydrogen (secondary N) is 2. The number of aromatic nitrogens is 2. The smallest absolute Gasteiger partial charge is 0.239 e. The summed E-state index contributed by atoms with van der Waals surface area (Å²) >= 11 is 0. The predicted molar refractivity (Wildman–Crippen MR) is 71.4 cm³/mol. The number of hydrogen-bond acceptors (Lipinski definition) is 5. The minimum atomic E-state index is -0.132. The van der Waals surface area contributed by atoms with E-state index < -0.39 is 0 Å². The Morgan fingerprint density at radius 3 is 2.89 bits per heavy atom. The van der Waals surface area contributed by atoms with Crippen molar-refractivity contribution < 1.29 is 4.79 Å². The summed E-state index contributed by atoms with van der Waals surface area (Å²) in [6.45, 7) is 2.52. The summed E-state index contributed by atoms with van der Waals surface area (Å²) in [7, 11) is 0. The summed E-state index contributed by atoms with van der Waals surface area (Å²) < 4.78 is 0. The van der Waals surface area contributed by atoms with Crippen molar-refractivity contribution in [1.29, 1.82) is 5.26 Å². The molecule has 0 aliphatic heterocycles. The topological polar surface area (TPSA) is 90.7 Å². The van der Waals surface area contributed by atoms with Gasteiger partial charge in [-0.25, -0.2) is 0 Å². The van der Waals surface area contributed by atoms with E-state index in [9.17, 15) is 4.79 Å². The molecule has 0 aliphatic carbocycles. The Balaban J connectivity index is 2.34. The third-order valence-corrected chi connectivity index (χ3v) is 2.57. The fourth-order valence-corrected chi connectivity index (χ4v) is 1.74. The van der Waals surface area contributed by atoms with Crippen molar-refractivity contribution in [3.63, 3.8) is 0 Å². The lowest BCUT2D eigenvalue weighted by Crippen LogP contribution is -2.29. The number of likely N-dealkylation sites (N-methyl/N-ethyl adjacent to an activating group) is 1. The first-order valence-corrected chi connectivity index (χ1v) is 5.92. The summed E-state index contributed by atoms with van der Waals surface area (Å²) in [5.74, 6) is -0.132. The highest BCUT2D eigenvalue weighted by molar-refractivity contribution is 5.94. The zero-order valence-corrected chi connectivity index (χ0v) is 10.5. The summed E-state index contributed by atoms with van der Waals surface area (Å²) in [4.78, 5) is 11.5. The van der Waals surface area contributed by atoms with Crippen LogP contribution in [0.4, 0.5) is 5.69 Å². The van der Waals surface area contributed by atoms with E-state index in [4.69, 9.17) is 5.26 Å². The number of hydrogen-bond donors (Lipinski definition) is 2. The molecule has 0 bridgehead atoms. The molecule has 2 N–H and O–H groups in total. The molecule has 6 heteroatoms. The Bertz CT molecular complexity index is 647. The largest absolute Gasteiger partial charge is 0.373 e. The second kappa shape index (κ2) is 5.78. The van der Waals surface area contributed by atoms with Crippen molar-refractivity contribution in [3.05, 3.63) is 30.0 Å². The van der Waals surface area contributed by atoms with Crippen LogP contribution in [-0.2, 0) is 4.79 Å². The first-order chi connectivity index (χ1) is 9.26. The van der Waals surface area contributed by atoms with E-state index in [1.165, 1.54) is 0 Å². The number of amides is 1. The molecule has 0 unspecified atom stereocenters. The monoisotopic (exact) mass is 255 g/mol. The Labute approximate surface area is 110 Å². The van der Waals surface area contributed by atoms with Crippen LogP contribution in [0.25, 0.3) is 10.9 Å². The average molecular weight is 255 g/mol. The van der Waals surface area contributed by atoms with E-state index >= 15 is 0 Å². The van der Waals surface area contributed by atoms with Crippen molar-refractivity contribution in [2.24, 2.45) is 0 Å². The fourth-order valence-electron chi connectivity index (χ4n) is 1.74. The van der Waals surface area contributed by atoms with Crippen LogP contribution < -0.4 is 10.6 Å². The van der Waals surface area contributed by atoms with E-state index in [0.29, 0.717) is 17.7 Å². The van der Waals surface area contributed by atoms with E-state index in [0.717, 1.165) is 5.39 Å². The van der Waals surface area contributed by atoms with Gasteiger partial charge in [0.25, 0.3) is 0 Å². The highest BCUT2D eigenvalue weighted by Gasteiger charge is 2.10. The zero-order valence-electron chi connectivity index (χ0n) is 10.5.